The number of halogens is 1. The van der Waals surface area contributed by atoms with Crippen LogP contribution in [0.3, 0.4) is 0 Å². The van der Waals surface area contributed by atoms with Gasteiger partial charge in [0.2, 0.25) is 0 Å². The van der Waals surface area contributed by atoms with Gasteiger partial charge in [0.15, 0.2) is 11.5 Å². The van der Waals surface area contributed by atoms with Gasteiger partial charge in [0.25, 0.3) is 11.8 Å². The monoisotopic (exact) mass is 440 g/mol. The maximum absolute atomic E-state index is 13.2. The van der Waals surface area contributed by atoms with Crippen LogP contribution in [-0.4, -0.2) is 35.1 Å². The summed E-state index contributed by atoms with van der Waals surface area (Å²) in [6, 6.07) is 10.4. The van der Waals surface area contributed by atoms with Gasteiger partial charge < -0.3 is 9.47 Å². The summed E-state index contributed by atoms with van der Waals surface area (Å²) in [4.78, 5) is 29.0. The predicted octanol–water partition coefficient (Wildman–Crippen LogP) is 3.52. The third kappa shape index (κ3) is 5.63. The molecular weight excluding hydrogens is 415 g/mol. The first-order valence-electron chi connectivity index (χ1n) is 10.1. The van der Waals surface area contributed by atoms with E-state index in [9.17, 15) is 14.0 Å². The maximum atomic E-state index is 13.2. The van der Waals surface area contributed by atoms with E-state index in [1.165, 1.54) is 54.5 Å². The van der Waals surface area contributed by atoms with Crippen molar-refractivity contribution in [1.29, 1.82) is 0 Å². The molecule has 8 nitrogen and oxygen atoms in total. The number of hydrogen-bond donors (Lipinski definition) is 2. The fourth-order valence-electron chi connectivity index (χ4n) is 2.85. The van der Waals surface area contributed by atoms with Crippen LogP contribution in [0.5, 0.6) is 11.5 Å². The average Bonchev–Trinajstić information content (AvgIpc) is 3.27. The Kier molecular flexibility index (Phi) is 7.43. The highest BCUT2D eigenvalue weighted by atomic mass is 19.1. The van der Waals surface area contributed by atoms with Crippen LogP contribution >= 0.6 is 0 Å². The Morgan fingerprint density at radius 1 is 1.06 bits per heavy atom. The molecule has 0 aliphatic carbocycles. The smallest absolute Gasteiger partial charge is 0.288 e. The number of amides is 2. The van der Waals surface area contributed by atoms with Crippen LogP contribution in [0.25, 0.3) is 5.69 Å². The van der Waals surface area contributed by atoms with Crippen LogP contribution in [0.2, 0.25) is 0 Å². The molecule has 1 heterocycles. The van der Waals surface area contributed by atoms with E-state index in [4.69, 9.17) is 9.47 Å². The second-order valence-corrected chi connectivity index (χ2v) is 7.43. The lowest BCUT2D eigenvalue weighted by Gasteiger charge is -2.13. The number of rotatable bonds is 8. The fraction of sp³-hybridized carbons (Fsp3) is 0.261. The van der Waals surface area contributed by atoms with E-state index in [1.54, 1.807) is 12.1 Å². The van der Waals surface area contributed by atoms with Gasteiger partial charge in [0.05, 0.1) is 26.2 Å². The molecule has 3 aromatic rings. The minimum absolute atomic E-state index is 0.170. The molecule has 168 valence electrons. The minimum atomic E-state index is -0.583. The zero-order valence-electron chi connectivity index (χ0n) is 18.1. The van der Waals surface area contributed by atoms with Crippen molar-refractivity contribution in [3.63, 3.8) is 0 Å². The molecule has 0 fully saturated rings. The summed E-state index contributed by atoms with van der Waals surface area (Å²) in [7, 11) is 1.49. The molecule has 0 spiro atoms. The molecule has 1 aromatic heterocycles. The number of aromatic nitrogens is 2. The zero-order valence-corrected chi connectivity index (χ0v) is 18.1. The van der Waals surface area contributed by atoms with Crippen LogP contribution in [0.4, 0.5) is 4.39 Å². The third-order valence-corrected chi connectivity index (χ3v) is 4.64. The van der Waals surface area contributed by atoms with Crippen molar-refractivity contribution in [3.8, 4) is 17.2 Å². The van der Waals surface area contributed by atoms with Crippen molar-refractivity contribution in [3.05, 3.63) is 72.1 Å². The average molecular weight is 440 g/mol. The third-order valence-electron chi connectivity index (χ3n) is 4.64. The summed E-state index contributed by atoms with van der Waals surface area (Å²) in [6.07, 6.45) is 3.66. The van der Waals surface area contributed by atoms with Gasteiger partial charge in [0.1, 0.15) is 11.5 Å². The lowest BCUT2D eigenvalue weighted by atomic mass is 10.1. The zero-order chi connectivity index (χ0) is 23.1. The Labute approximate surface area is 185 Å². The second-order valence-electron chi connectivity index (χ2n) is 7.43. The van der Waals surface area contributed by atoms with Gasteiger partial charge in [-0.1, -0.05) is 13.8 Å². The fourth-order valence-corrected chi connectivity index (χ4v) is 2.85. The molecule has 0 saturated carbocycles. The van der Waals surface area contributed by atoms with Crippen LogP contribution in [0, 0.1) is 11.7 Å². The number of nitrogens with zero attached hydrogens (tertiary/aromatic N) is 2. The number of imidazole rings is 1. The first-order chi connectivity index (χ1) is 15.4. The van der Waals surface area contributed by atoms with Gasteiger partial charge in [-0.15, -0.1) is 0 Å². The first-order valence-corrected chi connectivity index (χ1v) is 10.1. The summed E-state index contributed by atoms with van der Waals surface area (Å²) in [5.41, 5.74) is 5.73. The predicted molar refractivity (Wildman–Crippen MR) is 116 cm³/mol. The number of carbonyl (C=O) groups excluding carboxylic acids is 2. The number of nitrogens with one attached hydrogen (secondary N) is 2. The van der Waals surface area contributed by atoms with Crippen molar-refractivity contribution < 1.29 is 23.5 Å². The molecule has 0 saturated heterocycles. The molecule has 0 aliphatic rings. The van der Waals surface area contributed by atoms with E-state index in [0.717, 1.165) is 6.42 Å². The van der Waals surface area contributed by atoms with E-state index < -0.39 is 11.8 Å². The Morgan fingerprint density at radius 2 is 1.78 bits per heavy atom. The number of benzene rings is 2. The number of methoxy groups -OCH3 is 1. The SMILES string of the molecule is COc1cc(C(=O)NNC(=O)c2cncn2-c2ccc(F)cc2)ccc1OCCC(C)C. The summed E-state index contributed by atoms with van der Waals surface area (Å²) in [5.74, 6) is -0.0361. The maximum Gasteiger partial charge on any atom is 0.288 e. The van der Waals surface area contributed by atoms with Gasteiger partial charge in [-0.2, -0.15) is 0 Å². The highest BCUT2D eigenvalue weighted by Gasteiger charge is 2.16. The van der Waals surface area contributed by atoms with E-state index in [2.05, 4.69) is 29.7 Å². The normalized spacial score (nSPS) is 10.7. The molecule has 2 amide bonds. The molecule has 32 heavy (non-hydrogen) atoms. The van der Waals surface area contributed by atoms with Crippen LogP contribution in [-0.2, 0) is 0 Å². The van der Waals surface area contributed by atoms with E-state index in [-0.39, 0.29) is 17.1 Å². The number of ether oxygens (including phenoxy) is 2. The van der Waals surface area contributed by atoms with Crippen molar-refractivity contribution in [2.75, 3.05) is 13.7 Å². The molecule has 2 N–H and O–H groups in total. The number of carbonyl (C=O) groups is 2. The lowest BCUT2D eigenvalue weighted by Crippen LogP contribution is -2.42. The van der Waals surface area contributed by atoms with Gasteiger partial charge >= 0.3 is 0 Å². The Hall–Kier alpha value is -3.88. The minimum Gasteiger partial charge on any atom is -0.493 e. The van der Waals surface area contributed by atoms with Crippen molar-refractivity contribution in [1.82, 2.24) is 20.4 Å². The topological polar surface area (TPSA) is 94.5 Å². The Bertz CT molecular complexity index is 1080. The lowest BCUT2D eigenvalue weighted by molar-refractivity contribution is 0.0842. The van der Waals surface area contributed by atoms with E-state index in [1.807, 2.05) is 0 Å². The molecular formula is C23H25FN4O4. The second kappa shape index (κ2) is 10.4. The molecule has 0 unspecified atom stereocenters. The summed E-state index contributed by atoms with van der Waals surface area (Å²) < 4.78 is 25.7. The standard InChI is InChI=1S/C23H25FN4O4/c1-15(2)10-11-32-20-9-4-16(12-21(20)31-3)22(29)26-27-23(30)19-13-25-14-28(19)18-7-5-17(24)6-8-18/h4-9,12-15H,10-11H2,1-3H3,(H,26,29)(H,27,30). The first kappa shape index (κ1) is 22.8. The Morgan fingerprint density at radius 3 is 2.47 bits per heavy atom. The molecule has 3 rings (SSSR count). The van der Waals surface area contributed by atoms with Crippen LogP contribution in [0.1, 0.15) is 41.1 Å². The molecule has 0 radical (unpaired) electrons. The van der Waals surface area contributed by atoms with E-state index in [0.29, 0.717) is 29.7 Å². The highest BCUT2D eigenvalue weighted by molar-refractivity contribution is 5.98. The van der Waals surface area contributed by atoms with Gasteiger partial charge in [-0.25, -0.2) is 9.37 Å². The molecule has 2 aromatic carbocycles. The van der Waals surface area contributed by atoms with Gasteiger partial charge in [0, 0.05) is 11.3 Å². The van der Waals surface area contributed by atoms with Crippen molar-refractivity contribution in [2.45, 2.75) is 20.3 Å². The molecule has 0 aliphatic heterocycles. The van der Waals surface area contributed by atoms with Crippen LogP contribution < -0.4 is 20.3 Å². The number of hydrazine groups is 1. The molecule has 0 bridgehead atoms. The van der Waals surface area contributed by atoms with E-state index >= 15 is 0 Å². The quantitative estimate of drug-likeness (QED) is 0.523. The van der Waals surface area contributed by atoms with Gasteiger partial charge in [-0.05, 0) is 54.8 Å². The summed E-state index contributed by atoms with van der Waals surface area (Å²) in [5, 5.41) is 0. The van der Waals surface area contributed by atoms with Crippen LogP contribution in [0.15, 0.2) is 55.0 Å². The Balaban J connectivity index is 1.64. The highest BCUT2D eigenvalue weighted by Crippen LogP contribution is 2.28. The number of hydrogen-bond acceptors (Lipinski definition) is 5. The van der Waals surface area contributed by atoms with Crippen molar-refractivity contribution in [2.24, 2.45) is 5.92 Å². The van der Waals surface area contributed by atoms with Crippen molar-refractivity contribution >= 4 is 11.8 Å². The summed E-state index contributed by atoms with van der Waals surface area (Å²) in [6.45, 7) is 4.75. The molecule has 0 atom stereocenters. The molecule has 9 heteroatoms. The largest absolute Gasteiger partial charge is 0.493 e. The van der Waals surface area contributed by atoms with Gasteiger partial charge in [-0.3, -0.25) is 25.0 Å². The summed E-state index contributed by atoms with van der Waals surface area (Å²) >= 11 is 0.